The van der Waals surface area contributed by atoms with Gasteiger partial charge >= 0.3 is 0 Å². The van der Waals surface area contributed by atoms with Crippen LogP contribution in [0.15, 0.2) is 46.2 Å². The van der Waals surface area contributed by atoms with Crippen LogP contribution in [0, 0.1) is 20.8 Å². The predicted octanol–water partition coefficient (Wildman–Crippen LogP) is 2.69. The van der Waals surface area contributed by atoms with Crippen LogP contribution in [0.2, 0.25) is 0 Å². The Bertz CT molecular complexity index is 1030. The normalized spacial score (nSPS) is 12.4. The fourth-order valence-corrected chi connectivity index (χ4v) is 5.20. The Morgan fingerprint density at radius 1 is 0.731 bits per heavy atom. The van der Waals surface area contributed by atoms with Gasteiger partial charge in [-0.15, -0.1) is 0 Å². The summed E-state index contributed by atoms with van der Waals surface area (Å²) in [5.41, 5.74) is 2.40. The molecule has 0 fully saturated rings. The Balaban J connectivity index is 2.66. The van der Waals surface area contributed by atoms with E-state index in [-0.39, 0.29) is 9.79 Å². The summed E-state index contributed by atoms with van der Waals surface area (Å²) in [7, 11) is -3.16. The first-order chi connectivity index (χ1) is 11.9. The number of anilines is 1. The number of aryl methyl sites for hydroxylation is 2. The van der Waals surface area contributed by atoms with Crippen LogP contribution in [0.1, 0.15) is 16.7 Å². The molecular weight excluding hydrogens is 372 g/mol. The molecule has 0 N–H and O–H groups in total. The van der Waals surface area contributed by atoms with Crippen LogP contribution in [0.25, 0.3) is 0 Å². The Morgan fingerprint density at radius 3 is 1.77 bits per heavy atom. The van der Waals surface area contributed by atoms with Gasteiger partial charge in [0.15, 0.2) is 0 Å². The van der Waals surface area contributed by atoms with Gasteiger partial charge in [0.2, 0.25) is 10.0 Å². The first kappa shape index (κ1) is 20.4. The molecular formula is C18H24N2O4S2. The van der Waals surface area contributed by atoms with Crippen molar-refractivity contribution in [3.8, 4) is 0 Å². The van der Waals surface area contributed by atoms with E-state index in [1.54, 1.807) is 44.2 Å². The average molecular weight is 397 g/mol. The first-order valence-electron chi connectivity index (χ1n) is 7.99. The Hall–Kier alpha value is -1.90. The van der Waals surface area contributed by atoms with E-state index >= 15 is 0 Å². The van der Waals surface area contributed by atoms with E-state index in [0.717, 1.165) is 14.2 Å². The monoisotopic (exact) mass is 396 g/mol. The number of nitrogens with zero attached hydrogens (tertiary/aromatic N) is 2. The third-order valence-corrected chi connectivity index (χ3v) is 8.07. The zero-order chi connectivity index (χ0) is 19.9. The molecule has 0 heterocycles. The average Bonchev–Trinajstić information content (AvgIpc) is 2.54. The van der Waals surface area contributed by atoms with Crippen LogP contribution in [0.5, 0.6) is 0 Å². The molecule has 0 aliphatic carbocycles. The summed E-state index contributed by atoms with van der Waals surface area (Å²) in [6.45, 7) is 5.26. The highest BCUT2D eigenvalue weighted by Gasteiger charge is 2.28. The molecule has 0 unspecified atom stereocenters. The van der Waals surface area contributed by atoms with Gasteiger partial charge in [-0.2, -0.15) is 0 Å². The number of benzene rings is 2. The second-order valence-corrected chi connectivity index (χ2v) is 10.5. The molecule has 0 radical (unpaired) electrons. The van der Waals surface area contributed by atoms with E-state index in [4.69, 9.17) is 0 Å². The molecule has 0 amide bonds. The molecule has 0 aliphatic heterocycles. The van der Waals surface area contributed by atoms with Crippen molar-refractivity contribution in [1.82, 2.24) is 4.31 Å². The standard InChI is InChI=1S/C18H24N2O4S2/c1-13-7-10-16(11-8-13)25(21,22)20(6)18-14(2)9-12-17(15(18)3)26(23,24)19(4)5/h7-12H,1-6H3. The molecule has 142 valence electrons. The second kappa shape index (κ2) is 7.02. The maximum Gasteiger partial charge on any atom is 0.264 e. The van der Waals surface area contributed by atoms with Gasteiger partial charge in [-0.3, -0.25) is 4.31 Å². The minimum Gasteiger partial charge on any atom is -0.269 e. The van der Waals surface area contributed by atoms with Gasteiger partial charge in [0, 0.05) is 21.1 Å². The van der Waals surface area contributed by atoms with Gasteiger partial charge in [-0.1, -0.05) is 23.8 Å². The molecule has 2 aromatic carbocycles. The van der Waals surface area contributed by atoms with E-state index in [0.29, 0.717) is 16.8 Å². The van der Waals surface area contributed by atoms with E-state index in [9.17, 15) is 16.8 Å². The van der Waals surface area contributed by atoms with E-state index in [2.05, 4.69) is 0 Å². The fourth-order valence-electron chi connectivity index (χ4n) is 2.77. The molecule has 0 atom stereocenters. The maximum absolute atomic E-state index is 13.0. The lowest BCUT2D eigenvalue weighted by molar-refractivity contribution is 0.520. The van der Waals surface area contributed by atoms with E-state index in [1.807, 2.05) is 6.92 Å². The SMILES string of the molecule is Cc1ccc(S(=O)(=O)N(C)c2c(C)ccc(S(=O)(=O)N(C)C)c2C)cc1. The third kappa shape index (κ3) is 3.49. The topological polar surface area (TPSA) is 74.8 Å². The molecule has 0 saturated heterocycles. The summed E-state index contributed by atoms with van der Waals surface area (Å²) in [6, 6.07) is 9.69. The number of sulfonamides is 2. The van der Waals surface area contributed by atoms with Crippen molar-refractivity contribution in [2.24, 2.45) is 0 Å². The van der Waals surface area contributed by atoms with Crippen molar-refractivity contribution < 1.29 is 16.8 Å². The van der Waals surface area contributed by atoms with Crippen molar-refractivity contribution in [2.45, 2.75) is 30.6 Å². The Labute approximate surface area is 156 Å². The van der Waals surface area contributed by atoms with Gasteiger partial charge < -0.3 is 0 Å². The minimum atomic E-state index is -3.81. The van der Waals surface area contributed by atoms with Crippen molar-refractivity contribution in [1.29, 1.82) is 0 Å². The molecule has 2 rings (SSSR count). The first-order valence-corrected chi connectivity index (χ1v) is 10.9. The highest BCUT2D eigenvalue weighted by molar-refractivity contribution is 7.92. The minimum absolute atomic E-state index is 0.0917. The van der Waals surface area contributed by atoms with E-state index < -0.39 is 20.0 Å². The Morgan fingerprint density at radius 2 is 1.27 bits per heavy atom. The van der Waals surface area contributed by atoms with Crippen molar-refractivity contribution in [3.05, 3.63) is 53.1 Å². The quantitative estimate of drug-likeness (QED) is 0.779. The molecule has 8 heteroatoms. The lowest BCUT2D eigenvalue weighted by Crippen LogP contribution is -2.29. The molecule has 0 bridgehead atoms. The van der Waals surface area contributed by atoms with Gasteiger partial charge in [0.05, 0.1) is 15.5 Å². The van der Waals surface area contributed by atoms with Crippen LogP contribution < -0.4 is 4.31 Å². The second-order valence-electron chi connectivity index (χ2n) is 6.43. The summed E-state index contributed by atoms with van der Waals surface area (Å²) in [4.78, 5) is 0.249. The zero-order valence-corrected chi connectivity index (χ0v) is 17.4. The predicted molar refractivity (Wildman–Crippen MR) is 104 cm³/mol. The summed E-state index contributed by atoms with van der Waals surface area (Å²) < 4.78 is 53.4. The third-order valence-electron chi connectivity index (χ3n) is 4.34. The smallest absolute Gasteiger partial charge is 0.264 e. The molecule has 0 aliphatic rings. The summed E-state index contributed by atoms with van der Waals surface area (Å²) in [5.74, 6) is 0. The molecule has 2 aromatic rings. The van der Waals surface area contributed by atoms with Gasteiger partial charge in [-0.25, -0.2) is 21.1 Å². The summed E-state index contributed by atoms with van der Waals surface area (Å²) >= 11 is 0. The van der Waals surface area contributed by atoms with Gasteiger partial charge in [-0.05, 0) is 50.1 Å². The van der Waals surface area contributed by atoms with Crippen LogP contribution in [0.4, 0.5) is 5.69 Å². The number of rotatable bonds is 5. The summed E-state index contributed by atoms with van der Waals surface area (Å²) in [6.07, 6.45) is 0. The van der Waals surface area contributed by atoms with E-state index in [1.165, 1.54) is 27.2 Å². The molecule has 6 nitrogen and oxygen atoms in total. The molecule has 26 heavy (non-hydrogen) atoms. The zero-order valence-electron chi connectivity index (χ0n) is 15.8. The number of hydrogen-bond donors (Lipinski definition) is 0. The maximum atomic E-state index is 13.0. The molecule has 0 aromatic heterocycles. The van der Waals surface area contributed by atoms with Crippen LogP contribution in [0.3, 0.4) is 0 Å². The lowest BCUT2D eigenvalue weighted by Gasteiger charge is -2.25. The van der Waals surface area contributed by atoms with Gasteiger partial charge in [0.25, 0.3) is 10.0 Å². The van der Waals surface area contributed by atoms with Crippen molar-refractivity contribution >= 4 is 25.7 Å². The molecule has 0 spiro atoms. The van der Waals surface area contributed by atoms with Crippen LogP contribution >= 0.6 is 0 Å². The highest BCUT2D eigenvalue weighted by Crippen LogP contribution is 2.33. The van der Waals surface area contributed by atoms with Crippen molar-refractivity contribution in [3.63, 3.8) is 0 Å². The largest absolute Gasteiger partial charge is 0.269 e. The molecule has 0 saturated carbocycles. The fraction of sp³-hybridized carbons (Fsp3) is 0.333. The summed E-state index contributed by atoms with van der Waals surface area (Å²) in [5, 5.41) is 0. The Kier molecular flexibility index (Phi) is 5.51. The van der Waals surface area contributed by atoms with Crippen LogP contribution in [-0.2, 0) is 20.0 Å². The highest BCUT2D eigenvalue weighted by atomic mass is 32.2. The van der Waals surface area contributed by atoms with Crippen molar-refractivity contribution in [2.75, 3.05) is 25.4 Å². The lowest BCUT2D eigenvalue weighted by atomic mass is 10.1. The number of hydrogen-bond acceptors (Lipinski definition) is 4. The van der Waals surface area contributed by atoms with Crippen LogP contribution in [-0.4, -0.2) is 42.3 Å². The van der Waals surface area contributed by atoms with Gasteiger partial charge in [0.1, 0.15) is 0 Å².